The van der Waals surface area contributed by atoms with Crippen LogP contribution in [0.5, 0.6) is 0 Å². The van der Waals surface area contributed by atoms with Crippen molar-refractivity contribution in [3.05, 3.63) is 50.7 Å². The van der Waals surface area contributed by atoms with E-state index in [0.29, 0.717) is 22.1 Å². The number of hydrogen-bond acceptors (Lipinski definition) is 4. The molecule has 2 rings (SSSR count). The van der Waals surface area contributed by atoms with Crippen LogP contribution in [0.15, 0.2) is 36.5 Å². The van der Waals surface area contributed by atoms with Gasteiger partial charge in [0.2, 0.25) is 0 Å². The molecule has 4 N–H and O–H groups in total. The molecule has 7 heteroatoms. The number of nitrogens with two attached hydrogens (primary N) is 1. The van der Waals surface area contributed by atoms with E-state index >= 15 is 0 Å². The van der Waals surface area contributed by atoms with Gasteiger partial charge < -0.3 is 10.7 Å². The molecule has 0 saturated heterocycles. The molecule has 0 spiro atoms. The van der Waals surface area contributed by atoms with E-state index in [4.69, 9.17) is 17.4 Å². The zero-order valence-electron chi connectivity index (χ0n) is 9.65. The third-order valence-corrected chi connectivity index (χ3v) is 3.35. The first-order valence-corrected chi connectivity index (χ1v) is 6.75. The zero-order valence-corrected chi connectivity index (χ0v) is 12.6. The SMILES string of the molecule is NNc1cc(C(=O)Nc2cc(I)ccc2Cl)ccn1. The minimum atomic E-state index is -0.275. The van der Waals surface area contributed by atoms with E-state index in [1.165, 1.54) is 6.20 Å². The Labute approximate surface area is 128 Å². The van der Waals surface area contributed by atoms with Crippen molar-refractivity contribution in [2.45, 2.75) is 0 Å². The highest BCUT2D eigenvalue weighted by Crippen LogP contribution is 2.24. The number of anilines is 2. The predicted molar refractivity (Wildman–Crippen MR) is 84.2 cm³/mol. The maximum absolute atomic E-state index is 12.1. The lowest BCUT2D eigenvalue weighted by atomic mass is 10.2. The maximum atomic E-state index is 12.1. The van der Waals surface area contributed by atoms with Gasteiger partial charge in [0.15, 0.2) is 0 Å². The molecule has 0 radical (unpaired) electrons. The van der Waals surface area contributed by atoms with Crippen molar-refractivity contribution in [2.24, 2.45) is 5.84 Å². The van der Waals surface area contributed by atoms with Gasteiger partial charge >= 0.3 is 0 Å². The second-order valence-corrected chi connectivity index (χ2v) is 5.31. The van der Waals surface area contributed by atoms with Gasteiger partial charge in [-0.25, -0.2) is 10.8 Å². The molecule has 0 aliphatic heterocycles. The van der Waals surface area contributed by atoms with E-state index < -0.39 is 0 Å². The number of pyridine rings is 1. The average molecular weight is 389 g/mol. The van der Waals surface area contributed by atoms with E-state index in [0.717, 1.165) is 3.57 Å². The van der Waals surface area contributed by atoms with Crippen LogP contribution >= 0.6 is 34.2 Å². The lowest BCUT2D eigenvalue weighted by Gasteiger charge is -2.08. The van der Waals surface area contributed by atoms with Gasteiger partial charge in [0.25, 0.3) is 5.91 Å². The van der Waals surface area contributed by atoms with E-state index in [2.05, 4.69) is 38.3 Å². The fraction of sp³-hybridized carbons (Fsp3) is 0. The van der Waals surface area contributed by atoms with Gasteiger partial charge in [-0.2, -0.15) is 0 Å². The molecule has 0 aliphatic carbocycles. The predicted octanol–water partition coefficient (Wildman–Crippen LogP) is 2.88. The summed E-state index contributed by atoms with van der Waals surface area (Å²) in [4.78, 5) is 16.0. The Hall–Kier alpha value is -1.38. The van der Waals surface area contributed by atoms with Gasteiger partial charge in [0.1, 0.15) is 5.82 Å². The van der Waals surface area contributed by atoms with Crippen molar-refractivity contribution >= 4 is 51.6 Å². The van der Waals surface area contributed by atoms with Crippen LogP contribution in [-0.2, 0) is 0 Å². The standard InChI is InChI=1S/C12H10ClIN4O/c13-9-2-1-8(14)6-10(9)17-12(19)7-3-4-16-11(5-7)18-15/h1-6H,15H2,(H,16,18)(H,17,19). The minimum absolute atomic E-state index is 0.275. The largest absolute Gasteiger partial charge is 0.321 e. The lowest BCUT2D eigenvalue weighted by molar-refractivity contribution is 0.102. The summed E-state index contributed by atoms with van der Waals surface area (Å²) < 4.78 is 0.983. The van der Waals surface area contributed by atoms with Gasteiger partial charge in [-0.1, -0.05) is 11.6 Å². The molecule has 0 atom stereocenters. The number of amides is 1. The van der Waals surface area contributed by atoms with Crippen molar-refractivity contribution in [2.75, 3.05) is 10.7 Å². The van der Waals surface area contributed by atoms with Crippen LogP contribution in [0, 0.1) is 3.57 Å². The molecule has 1 heterocycles. The minimum Gasteiger partial charge on any atom is -0.321 e. The smallest absolute Gasteiger partial charge is 0.255 e. The molecule has 98 valence electrons. The van der Waals surface area contributed by atoms with Crippen molar-refractivity contribution in [3.8, 4) is 0 Å². The molecule has 2 aromatic rings. The van der Waals surface area contributed by atoms with Crippen molar-refractivity contribution in [3.63, 3.8) is 0 Å². The van der Waals surface area contributed by atoms with Crippen LogP contribution in [0.3, 0.4) is 0 Å². The highest BCUT2D eigenvalue weighted by molar-refractivity contribution is 14.1. The summed E-state index contributed by atoms with van der Waals surface area (Å²) in [5.41, 5.74) is 3.40. The molecule has 0 fully saturated rings. The van der Waals surface area contributed by atoms with Crippen LogP contribution in [0.4, 0.5) is 11.5 Å². The fourth-order valence-corrected chi connectivity index (χ4v) is 2.09. The van der Waals surface area contributed by atoms with Gasteiger partial charge in [0, 0.05) is 15.3 Å². The van der Waals surface area contributed by atoms with Crippen LogP contribution in [0.25, 0.3) is 0 Å². The zero-order chi connectivity index (χ0) is 13.8. The Morgan fingerprint density at radius 1 is 1.32 bits per heavy atom. The number of nitrogen functional groups attached to an aromatic ring is 1. The maximum Gasteiger partial charge on any atom is 0.255 e. The summed E-state index contributed by atoms with van der Waals surface area (Å²) in [6, 6.07) is 8.54. The summed E-state index contributed by atoms with van der Waals surface area (Å²) in [5, 5.41) is 3.23. The monoisotopic (exact) mass is 388 g/mol. The van der Waals surface area contributed by atoms with Gasteiger partial charge in [0.05, 0.1) is 10.7 Å². The Morgan fingerprint density at radius 2 is 2.11 bits per heavy atom. The number of halogens is 2. The molecule has 1 amide bonds. The number of carbonyl (C=O) groups is 1. The molecule has 0 bridgehead atoms. The van der Waals surface area contributed by atoms with Crippen LogP contribution < -0.4 is 16.6 Å². The second-order valence-electron chi connectivity index (χ2n) is 3.65. The summed E-state index contributed by atoms with van der Waals surface area (Å²) >= 11 is 8.17. The molecule has 5 nitrogen and oxygen atoms in total. The Bertz CT molecular complexity index is 620. The third-order valence-electron chi connectivity index (χ3n) is 2.35. The van der Waals surface area contributed by atoms with Crippen molar-refractivity contribution in [1.82, 2.24) is 4.98 Å². The molecule has 1 aromatic carbocycles. The van der Waals surface area contributed by atoms with Crippen LogP contribution in [-0.4, -0.2) is 10.9 Å². The topological polar surface area (TPSA) is 80.0 Å². The first-order chi connectivity index (χ1) is 9.10. The number of benzene rings is 1. The molecular formula is C12H10ClIN4O. The third kappa shape index (κ3) is 3.55. The molecule has 1 aromatic heterocycles. The number of hydrazine groups is 1. The molecule has 0 aliphatic rings. The Kier molecular flexibility index (Phi) is 4.56. The molecule has 0 saturated carbocycles. The lowest BCUT2D eigenvalue weighted by Crippen LogP contribution is -2.14. The first-order valence-electron chi connectivity index (χ1n) is 5.29. The molecule has 19 heavy (non-hydrogen) atoms. The number of nitrogens with zero attached hydrogens (tertiary/aromatic N) is 1. The van der Waals surface area contributed by atoms with Crippen LogP contribution in [0.2, 0.25) is 5.02 Å². The Morgan fingerprint density at radius 3 is 2.84 bits per heavy atom. The van der Waals surface area contributed by atoms with E-state index in [9.17, 15) is 4.79 Å². The van der Waals surface area contributed by atoms with Gasteiger partial charge in [-0.05, 0) is 52.9 Å². The summed E-state index contributed by atoms with van der Waals surface area (Å²) in [7, 11) is 0. The highest BCUT2D eigenvalue weighted by atomic mass is 127. The van der Waals surface area contributed by atoms with Gasteiger partial charge in [-0.3, -0.25) is 4.79 Å². The number of hydrogen-bond donors (Lipinski definition) is 3. The van der Waals surface area contributed by atoms with Crippen molar-refractivity contribution in [1.29, 1.82) is 0 Å². The van der Waals surface area contributed by atoms with E-state index in [1.807, 2.05) is 6.07 Å². The number of rotatable bonds is 3. The van der Waals surface area contributed by atoms with Crippen LogP contribution in [0.1, 0.15) is 10.4 Å². The normalized spacial score (nSPS) is 10.1. The summed E-state index contributed by atoms with van der Waals surface area (Å²) in [6.45, 7) is 0. The number of aromatic nitrogens is 1. The van der Waals surface area contributed by atoms with E-state index in [-0.39, 0.29) is 5.91 Å². The molecular weight excluding hydrogens is 379 g/mol. The quantitative estimate of drug-likeness (QED) is 0.429. The average Bonchev–Trinajstić information content (AvgIpc) is 2.43. The second kappa shape index (κ2) is 6.18. The fourth-order valence-electron chi connectivity index (χ4n) is 1.44. The molecule has 0 unspecified atom stereocenters. The summed E-state index contributed by atoms with van der Waals surface area (Å²) in [6.07, 6.45) is 1.50. The first kappa shape index (κ1) is 14.0. The summed E-state index contributed by atoms with van der Waals surface area (Å²) in [5.74, 6) is 5.39. The van der Waals surface area contributed by atoms with Crippen molar-refractivity contribution < 1.29 is 4.79 Å². The Balaban J connectivity index is 2.22. The highest BCUT2D eigenvalue weighted by Gasteiger charge is 2.09. The number of nitrogens with one attached hydrogen (secondary N) is 2. The van der Waals surface area contributed by atoms with E-state index in [1.54, 1.807) is 24.3 Å². The van der Waals surface area contributed by atoms with Gasteiger partial charge in [-0.15, -0.1) is 0 Å². The number of carbonyl (C=O) groups excluding carboxylic acids is 1.